The van der Waals surface area contributed by atoms with Gasteiger partial charge >= 0.3 is 0 Å². The van der Waals surface area contributed by atoms with Crippen LogP contribution in [0.5, 0.6) is 0 Å². The maximum atomic E-state index is 10.3. The summed E-state index contributed by atoms with van der Waals surface area (Å²) in [4.78, 5) is 0. The Bertz CT molecular complexity index is 599. The van der Waals surface area contributed by atoms with Crippen molar-refractivity contribution < 1.29 is 14.6 Å². The van der Waals surface area contributed by atoms with Crippen molar-refractivity contribution >= 4 is 0 Å². The van der Waals surface area contributed by atoms with Crippen LogP contribution >= 0.6 is 0 Å². The van der Waals surface area contributed by atoms with E-state index in [1.165, 1.54) is 11.1 Å². The molecule has 2 aromatic rings. The van der Waals surface area contributed by atoms with E-state index in [-0.39, 0.29) is 17.6 Å². The zero-order valence-corrected chi connectivity index (χ0v) is 13.1. The molecule has 3 heteroatoms. The van der Waals surface area contributed by atoms with Gasteiger partial charge in [-0.05, 0) is 30.4 Å². The first-order chi connectivity index (χ1) is 11.3. The first-order valence-electron chi connectivity index (χ1n) is 8.28. The molecule has 23 heavy (non-hydrogen) atoms. The predicted molar refractivity (Wildman–Crippen MR) is 88.0 cm³/mol. The third-order valence-corrected chi connectivity index (χ3v) is 5.09. The highest BCUT2D eigenvalue weighted by molar-refractivity contribution is 5.23. The Labute approximate surface area is 136 Å². The molecule has 0 amide bonds. The summed E-state index contributed by atoms with van der Waals surface area (Å²) in [5.41, 5.74) is 2.45. The highest BCUT2D eigenvalue weighted by Gasteiger charge is 2.54. The van der Waals surface area contributed by atoms with Gasteiger partial charge in [0.05, 0.1) is 12.7 Å². The van der Waals surface area contributed by atoms with Crippen molar-refractivity contribution in [1.29, 1.82) is 0 Å². The number of benzene rings is 2. The first-order valence-corrected chi connectivity index (χ1v) is 8.28. The first kappa shape index (κ1) is 14.9. The highest BCUT2D eigenvalue weighted by atomic mass is 16.7. The Hall–Kier alpha value is -1.68. The van der Waals surface area contributed by atoms with Crippen LogP contribution in [0.1, 0.15) is 17.5 Å². The maximum Gasteiger partial charge on any atom is 0.181 e. The molecule has 3 nitrogen and oxygen atoms in total. The molecule has 120 valence electrons. The molecule has 0 aliphatic carbocycles. The van der Waals surface area contributed by atoms with E-state index < -0.39 is 6.29 Å². The van der Waals surface area contributed by atoms with Crippen molar-refractivity contribution in [3.63, 3.8) is 0 Å². The van der Waals surface area contributed by atoms with E-state index in [0.29, 0.717) is 6.61 Å². The van der Waals surface area contributed by atoms with Crippen molar-refractivity contribution in [3.8, 4) is 0 Å². The van der Waals surface area contributed by atoms with Gasteiger partial charge in [-0.1, -0.05) is 60.7 Å². The van der Waals surface area contributed by atoms with Crippen LogP contribution in [-0.4, -0.2) is 30.2 Å². The summed E-state index contributed by atoms with van der Waals surface area (Å²) in [5, 5.41) is 10.3. The van der Waals surface area contributed by atoms with Crippen molar-refractivity contribution in [1.82, 2.24) is 0 Å². The summed E-state index contributed by atoms with van der Waals surface area (Å²) >= 11 is 0. The zero-order chi connectivity index (χ0) is 15.7. The fourth-order valence-electron chi connectivity index (χ4n) is 4.14. The standard InChI is InChI=1S/C20H22O3/c21-19-18-20(13-17(23-18)14-22-19,11-15-7-3-1-4-8-15)12-16-9-5-2-6-10-16/h1-10,17-19,21H,11-14H2/t17-,18-,19-/m0/s1. The summed E-state index contributed by atoms with van der Waals surface area (Å²) in [6.45, 7) is 0.489. The second kappa shape index (κ2) is 6.08. The summed E-state index contributed by atoms with van der Waals surface area (Å²) in [7, 11) is 0. The van der Waals surface area contributed by atoms with Crippen LogP contribution < -0.4 is 0 Å². The van der Waals surface area contributed by atoms with E-state index in [1.807, 2.05) is 12.1 Å². The number of hydrogen-bond donors (Lipinski definition) is 1. The molecule has 2 aliphatic rings. The molecule has 2 fully saturated rings. The van der Waals surface area contributed by atoms with E-state index in [4.69, 9.17) is 9.47 Å². The molecule has 3 atom stereocenters. The van der Waals surface area contributed by atoms with Crippen LogP contribution in [0.4, 0.5) is 0 Å². The van der Waals surface area contributed by atoms with E-state index in [1.54, 1.807) is 0 Å². The van der Waals surface area contributed by atoms with Gasteiger partial charge in [-0.25, -0.2) is 0 Å². The summed E-state index contributed by atoms with van der Waals surface area (Å²) in [6.07, 6.45) is 1.71. The van der Waals surface area contributed by atoms with Crippen molar-refractivity contribution in [2.24, 2.45) is 5.41 Å². The zero-order valence-electron chi connectivity index (χ0n) is 13.1. The van der Waals surface area contributed by atoms with Crippen molar-refractivity contribution in [3.05, 3.63) is 71.8 Å². The van der Waals surface area contributed by atoms with Gasteiger partial charge in [0.25, 0.3) is 0 Å². The lowest BCUT2D eigenvalue weighted by atomic mass is 9.70. The SMILES string of the molecule is O[C@H]1OC[C@@H]2CC(Cc3ccccc3)(Cc3ccccc3)[C@H]1O2. The lowest BCUT2D eigenvalue weighted by molar-refractivity contribution is -0.241. The molecule has 0 saturated carbocycles. The molecule has 0 spiro atoms. The third-order valence-electron chi connectivity index (χ3n) is 5.09. The molecular formula is C20H22O3. The minimum absolute atomic E-state index is 0.0934. The Morgan fingerprint density at radius 1 is 0.913 bits per heavy atom. The summed E-state index contributed by atoms with van der Waals surface area (Å²) in [5.74, 6) is 0. The molecular weight excluding hydrogens is 288 g/mol. The molecule has 0 aromatic heterocycles. The minimum atomic E-state index is -0.832. The Balaban J connectivity index is 1.68. The number of fused-ring (bicyclic) bond motifs is 2. The fraction of sp³-hybridized carbons (Fsp3) is 0.400. The molecule has 1 N–H and O–H groups in total. The highest BCUT2D eigenvalue weighted by Crippen LogP contribution is 2.48. The fourth-order valence-corrected chi connectivity index (χ4v) is 4.14. The molecule has 4 rings (SSSR count). The monoisotopic (exact) mass is 310 g/mol. The van der Waals surface area contributed by atoms with Gasteiger partial charge in [-0.3, -0.25) is 0 Å². The molecule has 2 bridgehead atoms. The normalized spacial score (nSPS) is 28.7. The summed E-state index contributed by atoms with van der Waals surface area (Å²) in [6, 6.07) is 21.0. The van der Waals surface area contributed by atoms with Crippen LogP contribution in [0, 0.1) is 5.41 Å². The van der Waals surface area contributed by atoms with Crippen molar-refractivity contribution in [2.45, 2.75) is 37.8 Å². The molecule has 0 radical (unpaired) electrons. The quantitative estimate of drug-likeness (QED) is 0.943. The van der Waals surface area contributed by atoms with Crippen molar-refractivity contribution in [2.75, 3.05) is 6.61 Å². The largest absolute Gasteiger partial charge is 0.367 e. The molecule has 0 unspecified atom stereocenters. The lowest BCUT2D eigenvalue weighted by Gasteiger charge is -2.37. The van der Waals surface area contributed by atoms with Gasteiger partial charge in [-0.15, -0.1) is 0 Å². The molecule has 2 aromatic carbocycles. The van der Waals surface area contributed by atoms with E-state index >= 15 is 0 Å². The van der Waals surface area contributed by atoms with Gasteiger partial charge in [0.1, 0.15) is 6.10 Å². The Morgan fingerprint density at radius 3 is 2.04 bits per heavy atom. The number of aliphatic hydroxyl groups excluding tert-OH is 1. The Morgan fingerprint density at radius 2 is 1.48 bits per heavy atom. The maximum absolute atomic E-state index is 10.3. The third kappa shape index (κ3) is 2.92. The van der Waals surface area contributed by atoms with E-state index in [9.17, 15) is 5.11 Å². The topological polar surface area (TPSA) is 38.7 Å². The van der Waals surface area contributed by atoms with Gasteiger partial charge in [0.2, 0.25) is 0 Å². The van der Waals surface area contributed by atoms with Crippen LogP contribution in [0.15, 0.2) is 60.7 Å². The van der Waals surface area contributed by atoms with Crippen LogP contribution in [0.2, 0.25) is 0 Å². The second-order valence-electron chi connectivity index (χ2n) is 6.79. The molecule has 2 heterocycles. The van der Waals surface area contributed by atoms with Crippen LogP contribution in [0.3, 0.4) is 0 Å². The van der Waals surface area contributed by atoms with E-state index in [0.717, 1.165) is 19.3 Å². The minimum Gasteiger partial charge on any atom is -0.367 e. The number of ether oxygens (including phenoxy) is 2. The van der Waals surface area contributed by atoms with Gasteiger partial charge in [0, 0.05) is 5.41 Å². The van der Waals surface area contributed by atoms with Crippen LogP contribution in [0.25, 0.3) is 0 Å². The molecule has 2 aliphatic heterocycles. The summed E-state index contributed by atoms with van der Waals surface area (Å²) < 4.78 is 11.6. The Kier molecular flexibility index (Phi) is 3.93. The van der Waals surface area contributed by atoms with Gasteiger partial charge < -0.3 is 14.6 Å². The average Bonchev–Trinajstić information content (AvgIpc) is 2.87. The van der Waals surface area contributed by atoms with Gasteiger partial charge in [0.15, 0.2) is 6.29 Å². The second-order valence-corrected chi connectivity index (χ2v) is 6.79. The average molecular weight is 310 g/mol. The lowest BCUT2D eigenvalue weighted by Crippen LogP contribution is -2.45. The van der Waals surface area contributed by atoms with Gasteiger partial charge in [-0.2, -0.15) is 0 Å². The number of hydrogen-bond acceptors (Lipinski definition) is 3. The number of aliphatic hydroxyl groups is 1. The number of rotatable bonds is 4. The molecule has 2 saturated heterocycles. The predicted octanol–water partition coefficient (Wildman–Crippen LogP) is 2.96. The van der Waals surface area contributed by atoms with E-state index in [2.05, 4.69) is 48.5 Å². The smallest absolute Gasteiger partial charge is 0.181 e. The van der Waals surface area contributed by atoms with Crippen LogP contribution in [-0.2, 0) is 22.3 Å².